The SMILES string of the molecule is Cc1ccc(NC(=O)c2ccccc2)cc1NC(=O)C1CC2CCCC(C1)C2N. The minimum absolute atomic E-state index is 0.0204. The van der Waals surface area contributed by atoms with Crippen molar-refractivity contribution in [2.75, 3.05) is 10.6 Å². The van der Waals surface area contributed by atoms with Gasteiger partial charge in [-0.15, -0.1) is 0 Å². The molecule has 0 aromatic heterocycles. The Bertz CT molecular complexity index is 882. The predicted octanol–water partition coefficient (Wildman–Crippen LogP) is 4.34. The molecule has 2 aliphatic carbocycles. The first-order valence-corrected chi connectivity index (χ1v) is 10.5. The zero-order chi connectivity index (χ0) is 20.4. The number of fused-ring (bicyclic) bond motifs is 2. The molecule has 2 saturated carbocycles. The van der Waals surface area contributed by atoms with Crippen molar-refractivity contribution < 1.29 is 9.59 Å². The molecule has 0 saturated heterocycles. The molecule has 0 aliphatic heterocycles. The van der Waals surface area contributed by atoms with Crippen LogP contribution < -0.4 is 16.4 Å². The molecule has 4 N–H and O–H groups in total. The molecule has 0 spiro atoms. The van der Waals surface area contributed by atoms with E-state index in [2.05, 4.69) is 10.6 Å². The highest BCUT2D eigenvalue weighted by molar-refractivity contribution is 6.04. The van der Waals surface area contributed by atoms with Gasteiger partial charge in [0.2, 0.25) is 5.91 Å². The quantitative estimate of drug-likeness (QED) is 0.725. The molecule has 2 bridgehead atoms. The van der Waals surface area contributed by atoms with Gasteiger partial charge >= 0.3 is 0 Å². The molecule has 5 nitrogen and oxygen atoms in total. The Balaban J connectivity index is 1.44. The van der Waals surface area contributed by atoms with Crippen molar-refractivity contribution in [1.29, 1.82) is 0 Å². The van der Waals surface area contributed by atoms with Gasteiger partial charge in [0.15, 0.2) is 0 Å². The van der Waals surface area contributed by atoms with E-state index in [9.17, 15) is 9.59 Å². The number of hydrogen-bond acceptors (Lipinski definition) is 3. The molecule has 0 heterocycles. The fraction of sp³-hybridized carbons (Fsp3) is 0.417. The van der Waals surface area contributed by atoms with E-state index in [0.29, 0.717) is 23.1 Å². The van der Waals surface area contributed by atoms with Crippen molar-refractivity contribution >= 4 is 23.2 Å². The number of aryl methyl sites for hydroxylation is 1. The second-order valence-corrected chi connectivity index (χ2v) is 8.54. The molecule has 2 fully saturated rings. The fourth-order valence-electron chi connectivity index (χ4n) is 4.87. The first-order valence-electron chi connectivity index (χ1n) is 10.5. The van der Waals surface area contributed by atoms with Crippen LogP contribution in [0.2, 0.25) is 0 Å². The van der Waals surface area contributed by atoms with Crippen LogP contribution in [0.1, 0.15) is 48.0 Å². The Morgan fingerprint density at radius 2 is 1.66 bits per heavy atom. The van der Waals surface area contributed by atoms with Crippen molar-refractivity contribution in [2.45, 2.75) is 45.1 Å². The molecule has 2 aromatic rings. The van der Waals surface area contributed by atoms with E-state index in [1.165, 1.54) is 6.42 Å². The van der Waals surface area contributed by atoms with Gasteiger partial charge in [-0.3, -0.25) is 9.59 Å². The van der Waals surface area contributed by atoms with Gasteiger partial charge in [0.1, 0.15) is 0 Å². The lowest BCUT2D eigenvalue weighted by molar-refractivity contribution is -0.122. The zero-order valence-corrected chi connectivity index (χ0v) is 16.9. The smallest absolute Gasteiger partial charge is 0.255 e. The summed E-state index contributed by atoms with van der Waals surface area (Å²) in [5.74, 6) is 0.864. The normalized spacial score (nSPS) is 25.9. The van der Waals surface area contributed by atoms with Crippen LogP contribution in [0.25, 0.3) is 0 Å². The molecular weight excluding hydrogens is 362 g/mol. The summed E-state index contributed by atoms with van der Waals surface area (Å²) in [6.07, 6.45) is 5.28. The predicted molar refractivity (Wildman–Crippen MR) is 116 cm³/mol. The summed E-state index contributed by atoms with van der Waals surface area (Å²) in [5.41, 5.74) is 9.36. The molecule has 2 aliphatic rings. The number of hydrogen-bond donors (Lipinski definition) is 3. The van der Waals surface area contributed by atoms with E-state index in [-0.39, 0.29) is 23.8 Å². The number of amides is 2. The maximum Gasteiger partial charge on any atom is 0.255 e. The summed E-state index contributed by atoms with van der Waals surface area (Å²) in [7, 11) is 0. The molecule has 29 heavy (non-hydrogen) atoms. The zero-order valence-electron chi connectivity index (χ0n) is 16.9. The van der Waals surface area contributed by atoms with Crippen LogP contribution >= 0.6 is 0 Å². The Morgan fingerprint density at radius 1 is 0.966 bits per heavy atom. The number of benzene rings is 2. The van der Waals surface area contributed by atoms with Gasteiger partial charge in [-0.2, -0.15) is 0 Å². The van der Waals surface area contributed by atoms with Gasteiger partial charge < -0.3 is 16.4 Å². The van der Waals surface area contributed by atoms with Crippen LogP contribution in [0.4, 0.5) is 11.4 Å². The van der Waals surface area contributed by atoms with Gasteiger partial charge in [-0.1, -0.05) is 30.7 Å². The highest BCUT2D eigenvalue weighted by Crippen LogP contribution is 2.42. The minimum atomic E-state index is -0.166. The standard InChI is InChI=1S/C24H29N3O2/c1-15-10-11-20(26-23(28)16-6-3-2-4-7-16)14-21(15)27-24(29)19-12-17-8-5-9-18(13-19)22(17)25/h2-4,6-7,10-11,14,17-19,22H,5,8-9,12-13,25H2,1H3,(H,26,28)(H,27,29). The summed E-state index contributed by atoms with van der Waals surface area (Å²) in [6, 6.07) is 15.0. The molecule has 0 radical (unpaired) electrons. The molecule has 2 aromatic carbocycles. The van der Waals surface area contributed by atoms with E-state index >= 15 is 0 Å². The molecule has 5 heteroatoms. The van der Waals surface area contributed by atoms with Crippen molar-refractivity contribution in [3.8, 4) is 0 Å². The third-order valence-electron chi connectivity index (χ3n) is 6.57. The number of anilines is 2. The van der Waals surface area contributed by atoms with E-state index < -0.39 is 0 Å². The van der Waals surface area contributed by atoms with Crippen LogP contribution in [0.5, 0.6) is 0 Å². The number of nitrogens with two attached hydrogens (primary N) is 1. The monoisotopic (exact) mass is 391 g/mol. The second kappa shape index (κ2) is 8.37. The summed E-state index contributed by atoms with van der Waals surface area (Å²) >= 11 is 0. The minimum Gasteiger partial charge on any atom is -0.327 e. The third kappa shape index (κ3) is 4.35. The van der Waals surface area contributed by atoms with Crippen molar-refractivity contribution in [3.63, 3.8) is 0 Å². The fourth-order valence-corrected chi connectivity index (χ4v) is 4.87. The first-order chi connectivity index (χ1) is 14.0. The topological polar surface area (TPSA) is 84.2 Å². The number of carbonyl (C=O) groups is 2. The Labute approximate surface area is 172 Å². The highest BCUT2D eigenvalue weighted by atomic mass is 16.2. The molecule has 4 rings (SSSR count). The number of nitrogens with one attached hydrogen (secondary N) is 2. The van der Waals surface area contributed by atoms with Gasteiger partial charge in [0.05, 0.1) is 0 Å². The van der Waals surface area contributed by atoms with Crippen LogP contribution in [-0.4, -0.2) is 17.9 Å². The van der Waals surface area contributed by atoms with Gasteiger partial charge in [-0.05, 0) is 74.3 Å². The van der Waals surface area contributed by atoms with E-state index in [1.54, 1.807) is 12.1 Å². The van der Waals surface area contributed by atoms with Crippen LogP contribution in [0.15, 0.2) is 48.5 Å². The van der Waals surface area contributed by atoms with E-state index in [0.717, 1.165) is 36.9 Å². The molecule has 2 unspecified atom stereocenters. The Hall–Kier alpha value is -2.66. The molecule has 152 valence electrons. The highest BCUT2D eigenvalue weighted by Gasteiger charge is 2.40. The average molecular weight is 392 g/mol. The summed E-state index contributed by atoms with van der Waals surface area (Å²) in [4.78, 5) is 25.4. The van der Waals surface area contributed by atoms with E-state index in [4.69, 9.17) is 5.73 Å². The van der Waals surface area contributed by atoms with Crippen molar-refractivity contribution in [2.24, 2.45) is 23.5 Å². The van der Waals surface area contributed by atoms with E-state index in [1.807, 2.05) is 43.3 Å². The van der Waals surface area contributed by atoms with Gasteiger partial charge in [0.25, 0.3) is 5.91 Å². The summed E-state index contributed by atoms with van der Waals surface area (Å²) in [6.45, 7) is 1.96. The van der Waals surface area contributed by atoms with Crippen LogP contribution in [-0.2, 0) is 4.79 Å². The lowest BCUT2D eigenvalue weighted by Gasteiger charge is -2.43. The van der Waals surface area contributed by atoms with Crippen molar-refractivity contribution in [1.82, 2.24) is 0 Å². The maximum absolute atomic E-state index is 13.0. The molecule has 2 amide bonds. The van der Waals surface area contributed by atoms with Gasteiger partial charge in [-0.25, -0.2) is 0 Å². The number of carbonyl (C=O) groups excluding carboxylic acids is 2. The summed E-state index contributed by atoms with van der Waals surface area (Å²) < 4.78 is 0. The van der Waals surface area contributed by atoms with Crippen molar-refractivity contribution in [3.05, 3.63) is 59.7 Å². The van der Waals surface area contributed by atoms with Crippen LogP contribution in [0, 0.1) is 24.7 Å². The first kappa shape index (κ1) is 19.6. The second-order valence-electron chi connectivity index (χ2n) is 8.54. The molecular formula is C24H29N3O2. The third-order valence-corrected chi connectivity index (χ3v) is 6.57. The average Bonchev–Trinajstić information content (AvgIpc) is 2.71. The summed E-state index contributed by atoms with van der Waals surface area (Å²) in [5, 5.41) is 6.02. The van der Waals surface area contributed by atoms with Gasteiger partial charge in [0, 0.05) is 28.9 Å². The van der Waals surface area contributed by atoms with Crippen LogP contribution in [0.3, 0.4) is 0 Å². The molecule has 2 atom stereocenters. The maximum atomic E-state index is 13.0. The Kier molecular flexibility index (Phi) is 5.67. The Morgan fingerprint density at radius 3 is 2.34 bits per heavy atom. The largest absolute Gasteiger partial charge is 0.327 e. The lowest BCUT2D eigenvalue weighted by Crippen LogP contribution is -2.48. The lowest BCUT2D eigenvalue weighted by atomic mass is 9.65. The number of rotatable bonds is 4.